The van der Waals surface area contributed by atoms with Gasteiger partial charge in [-0.05, 0) is 42.0 Å². The highest BCUT2D eigenvalue weighted by Gasteiger charge is 2.26. The standard InChI is InChI=1S/C22H29N3O3S2/c1-29-15-9-18(24-21(26)17-6-3-2-4-7-17)22(27)23-16-19(20-8-5-14-30-20)25-10-12-28-13-11-25/h2-8,14,18-19H,9-13,15-16H2,1H3,(H,23,27)(H,24,26)/t18-,19-/m0/s1. The lowest BCUT2D eigenvalue weighted by atomic mass is 10.1. The van der Waals surface area contributed by atoms with E-state index in [2.05, 4.69) is 27.0 Å². The van der Waals surface area contributed by atoms with Crippen molar-refractivity contribution in [1.29, 1.82) is 0 Å². The van der Waals surface area contributed by atoms with Crippen LogP contribution in [0.5, 0.6) is 0 Å². The molecule has 2 aromatic rings. The third-order valence-electron chi connectivity index (χ3n) is 5.10. The third-order valence-corrected chi connectivity index (χ3v) is 6.71. The largest absolute Gasteiger partial charge is 0.379 e. The SMILES string of the molecule is CSCC[C@H](NC(=O)c1ccccc1)C(=O)NC[C@@H](c1cccs1)N1CCOCC1. The molecule has 0 bridgehead atoms. The molecular formula is C22H29N3O3S2. The van der Waals surface area contributed by atoms with Crippen molar-refractivity contribution in [2.75, 3.05) is 44.9 Å². The maximum absolute atomic E-state index is 13.0. The summed E-state index contributed by atoms with van der Waals surface area (Å²) < 4.78 is 5.49. The van der Waals surface area contributed by atoms with E-state index in [4.69, 9.17) is 4.74 Å². The van der Waals surface area contributed by atoms with Gasteiger partial charge >= 0.3 is 0 Å². The molecule has 162 valence electrons. The Hall–Kier alpha value is -1.87. The van der Waals surface area contributed by atoms with Gasteiger partial charge in [-0.1, -0.05) is 24.3 Å². The summed E-state index contributed by atoms with van der Waals surface area (Å²) in [6.45, 7) is 3.62. The van der Waals surface area contributed by atoms with Gasteiger partial charge in [-0.15, -0.1) is 11.3 Å². The fraction of sp³-hybridized carbons (Fsp3) is 0.455. The van der Waals surface area contributed by atoms with Gasteiger partial charge in [-0.3, -0.25) is 14.5 Å². The maximum Gasteiger partial charge on any atom is 0.251 e. The van der Waals surface area contributed by atoms with Crippen LogP contribution in [0.4, 0.5) is 0 Å². The molecule has 1 fully saturated rings. The smallest absolute Gasteiger partial charge is 0.251 e. The summed E-state index contributed by atoms with van der Waals surface area (Å²) in [5.41, 5.74) is 0.559. The number of thiophene rings is 1. The van der Waals surface area contributed by atoms with Crippen LogP contribution in [0.15, 0.2) is 47.8 Å². The van der Waals surface area contributed by atoms with Crippen molar-refractivity contribution >= 4 is 34.9 Å². The van der Waals surface area contributed by atoms with E-state index in [0.717, 1.165) is 18.8 Å². The summed E-state index contributed by atoms with van der Waals surface area (Å²) in [5.74, 6) is 0.438. The summed E-state index contributed by atoms with van der Waals surface area (Å²) in [6.07, 6.45) is 2.59. The number of carbonyl (C=O) groups is 2. The highest BCUT2D eigenvalue weighted by Crippen LogP contribution is 2.25. The molecule has 2 amide bonds. The van der Waals surface area contributed by atoms with E-state index in [1.54, 1.807) is 35.2 Å². The summed E-state index contributed by atoms with van der Waals surface area (Å²) in [5, 5.41) is 8.07. The van der Waals surface area contributed by atoms with Crippen molar-refractivity contribution in [3.8, 4) is 0 Å². The first-order valence-corrected chi connectivity index (χ1v) is 12.4. The average molecular weight is 448 g/mol. The van der Waals surface area contributed by atoms with Crippen LogP contribution in [0, 0.1) is 0 Å². The van der Waals surface area contributed by atoms with Gasteiger partial charge in [0.2, 0.25) is 5.91 Å². The second kappa shape index (κ2) is 12.1. The molecule has 3 rings (SSSR count). The monoisotopic (exact) mass is 447 g/mol. The van der Waals surface area contributed by atoms with E-state index in [-0.39, 0.29) is 17.9 Å². The van der Waals surface area contributed by atoms with Gasteiger partial charge in [-0.25, -0.2) is 0 Å². The van der Waals surface area contributed by atoms with E-state index < -0.39 is 6.04 Å². The molecule has 1 aliphatic heterocycles. The van der Waals surface area contributed by atoms with Gasteiger partial charge in [0, 0.05) is 30.1 Å². The van der Waals surface area contributed by atoms with Crippen molar-refractivity contribution in [3.05, 3.63) is 58.3 Å². The zero-order valence-electron chi connectivity index (χ0n) is 17.2. The molecule has 1 saturated heterocycles. The minimum Gasteiger partial charge on any atom is -0.379 e. The summed E-state index contributed by atoms with van der Waals surface area (Å²) in [7, 11) is 0. The molecule has 2 N–H and O–H groups in total. The molecule has 0 radical (unpaired) electrons. The molecule has 1 aromatic heterocycles. The fourth-order valence-electron chi connectivity index (χ4n) is 3.44. The Labute approximate surface area is 186 Å². The number of rotatable bonds is 10. The second-order valence-corrected chi connectivity index (χ2v) is 9.06. The predicted molar refractivity (Wildman–Crippen MR) is 123 cm³/mol. The van der Waals surface area contributed by atoms with Gasteiger partial charge < -0.3 is 15.4 Å². The summed E-state index contributed by atoms with van der Waals surface area (Å²) >= 11 is 3.36. The van der Waals surface area contributed by atoms with Gasteiger partial charge in [-0.2, -0.15) is 11.8 Å². The van der Waals surface area contributed by atoms with Crippen LogP contribution >= 0.6 is 23.1 Å². The van der Waals surface area contributed by atoms with Crippen LogP contribution in [-0.2, 0) is 9.53 Å². The van der Waals surface area contributed by atoms with Gasteiger partial charge in [0.05, 0.1) is 19.3 Å². The van der Waals surface area contributed by atoms with Crippen molar-refractivity contribution in [1.82, 2.24) is 15.5 Å². The number of hydrogen-bond donors (Lipinski definition) is 2. The number of thioether (sulfide) groups is 1. The topological polar surface area (TPSA) is 70.7 Å². The molecule has 6 nitrogen and oxygen atoms in total. The lowest BCUT2D eigenvalue weighted by Gasteiger charge is -2.34. The number of benzene rings is 1. The molecule has 0 aliphatic carbocycles. The van der Waals surface area contributed by atoms with Gasteiger partial charge in [0.15, 0.2) is 0 Å². The summed E-state index contributed by atoms with van der Waals surface area (Å²) in [4.78, 5) is 29.2. The Kier molecular flexibility index (Phi) is 9.20. The van der Waals surface area contributed by atoms with Gasteiger partial charge in [0.25, 0.3) is 5.91 Å². The van der Waals surface area contributed by atoms with Crippen LogP contribution in [0.3, 0.4) is 0 Å². The fourth-order valence-corrected chi connectivity index (χ4v) is 4.77. The molecular weight excluding hydrogens is 418 g/mol. The van der Waals surface area contributed by atoms with Crippen LogP contribution in [0.25, 0.3) is 0 Å². The number of ether oxygens (including phenoxy) is 1. The molecule has 8 heteroatoms. The third kappa shape index (κ3) is 6.57. The Morgan fingerprint density at radius 2 is 1.93 bits per heavy atom. The lowest BCUT2D eigenvalue weighted by Crippen LogP contribution is -2.50. The van der Waals surface area contributed by atoms with Crippen LogP contribution < -0.4 is 10.6 Å². The maximum atomic E-state index is 13.0. The van der Waals surface area contributed by atoms with Crippen LogP contribution in [0.2, 0.25) is 0 Å². The van der Waals surface area contributed by atoms with E-state index in [9.17, 15) is 9.59 Å². The first-order valence-electron chi connectivity index (χ1n) is 10.2. The molecule has 0 spiro atoms. The number of hydrogen-bond acceptors (Lipinski definition) is 6. The highest BCUT2D eigenvalue weighted by atomic mass is 32.2. The zero-order chi connectivity index (χ0) is 21.2. The number of nitrogens with one attached hydrogen (secondary N) is 2. The minimum absolute atomic E-state index is 0.115. The Morgan fingerprint density at radius 1 is 1.17 bits per heavy atom. The molecule has 1 aliphatic rings. The van der Waals surface area contributed by atoms with Gasteiger partial charge in [0.1, 0.15) is 6.04 Å². The van der Waals surface area contributed by atoms with E-state index in [1.165, 1.54) is 4.88 Å². The average Bonchev–Trinajstić information content (AvgIpc) is 3.32. The van der Waals surface area contributed by atoms with Crippen LogP contribution in [0.1, 0.15) is 27.7 Å². The second-order valence-electron chi connectivity index (χ2n) is 7.10. The zero-order valence-corrected chi connectivity index (χ0v) is 18.8. The first kappa shape index (κ1) is 22.8. The molecule has 30 heavy (non-hydrogen) atoms. The number of amides is 2. The number of morpholine rings is 1. The van der Waals surface area contributed by atoms with Crippen molar-refractivity contribution < 1.29 is 14.3 Å². The Morgan fingerprint density at radius 3 is 2.60 bits per heavy atom. The Balaban J connectivity index is 1.63. The predicted octanol–water partition coefficient (Wildman–Crippen LogP) is 2.79. The van der Waals surface area contributed by atoms with E-state index in [0.29, 0.717) is 31.7 Å². The molecule has 2 atom stereocenters. The lowest BCUT2D eigenvalue weighted by molar-refractivity contribution is -0.123. The molecule has 0 unspecified atom stereocenters. The van der Waals surface area contributed by atoms with Crippen molar-refractivity contribution in [2.45, 2.75) is 18.5 Å². The van der Waals surface area contributed by atoms with Crippen molar-refractivity contribution in [2.24, 2.45) is 0 Å². The van der Waals surface area contributed by atoms with Crippen molar-refractivity contribution in [3.63, 3.8) is 0 Å². The molecule has 0 saturated carbocycles. The normalized spacial score (nSPS) is 16.6. The minimum atomic E-state index is -0.557. The quantitative estimate of drug-likeness (QED) is 0.586. The first-order chi connectivity index (χ1) is 14.7. The summed E-state index contributed by atoms with van der Waals surface area (Å²) in [6, 6.07) is 12.7. The molecule has 2 heterocycles. The highest BCUT2D eigenvalue weighted by molar-refractivity contribution is 7.98. The van der Waals surface area contributed by atoms with Crippen LogP contribution in [-0.4, -0.2) is 67.6 Å². The van der Waals surface area contributed by atoms with E-state index in [1.807, 2.05) is 30.5 Å². The number of carbonyl (C=O) groups excluding carboxylic acids is 2. The number of nitrogens with zero attached hydrogens (tertiary/aromatic N) is 1. The van der Waals surface area contributed by atoms with E-state index >= 15 is 0 Å². The Bertz CT molecular complexity index is 780. The molecule has 1 aromatic carbocycles.